The van der Waals surface area contributed by atoms with Crippen molar-refractivity contribution in [3.63, 3.8) is 0 Å². The van der Waals surface area contributed by atoms with Crippen LogP contribution in [0.15, 0.2) is 18.2 Å². The molecule has 1 aromatic rings. The molecule has 15 heavy (non-hydrogen) atoms. The molecule has 0 amide bonds. The molecule has 0 atom stereocenters. The van der Waals surface area contributed by atoms with Gasteiger partial charge in [-0.1, -0.05) is 0 Å². The Morgan fingerprint density at radius 2 is 1.87 bits per heavy atom. The fourth-order valence-electron chi connectivity index (χ4n) is 0.991. The highest BCUT2D eigenvalue weighted by molar-refractivity contribution is 7.91. The minimum absolute atomic E-state index is 0.153. The number of hydrogen-bond acceptors (Lipinski definition) is 3. The number of Topliss-reactive ketones (excluding diaryl/α,β-unsaturated/α-hetero) is 1. The van der Waals surface area contributed by atoms with E-state index < -0.39 is 33.0 Å². The minimum Gasteiger partial charge on any atom is -0.293 e. The summed E-state index contributed by atoms with van der Waals surface area (Å²) < 4.78 is 46.7. The van der Waals surface area contributed by atoms with Crippen LogP contribution in [0.3, 0.4) is 0 Å². The van der Waals surface area contributed by atoms with E-state index in [1.54, 1.807) is 0 Å². The lowest BCUT2D eigenvalue weighted by Gasteiger charge is -2.00. The third kappa shape index (κ3) is 3.39. The van der Waals surface area contributed by atoms with Crippen LogP contribution in [0.1, 0.15) is 10.4 Å². The first-order chi connectivity index (χ1) is 6.79. The Hall–Kier alpha value is -1.30. The third-order valence-electron chi connectivity index (χ3n) is 1.63. The van der Waals surface area contributed by atoms with Crippen molar-refractivity contribution in [3.05, 3.63) is 35.4 Å². The van der Waals surface area contributed by atoms with Crippen LogP contribution in [0.2, 0.25) is 0 Å². The molecular weight excluding hydrogens is 226 g/mol. The molecule has 0 unspecified atom stereocenters. The quantitative estimate of drug-likeness (QED) is 0.738. The molecule has 0 spiro atoms. The van der Waals surface area contributed by atoms with E-state index in [9.17, 15) is 22.0 Å². The average molecular weight is 234 g/mol. The van der Waals surface area contributed by atoms with Gasteiger partial charge in [-0.15, -0.1) is 0 Å². The molecule has 0 saturated heterocycles. The van der Waals surface area contributed by atoms with E-state index >= 15 is 0 Å². The van der Waals surface area contributed by atoms with E-state index in [4.69, 9.17) is 0 Å². The van der Waals surface area contributed by atoms with Crippen molar-refractivity contribution in [1.82, 2.24) is 0 Å². The summed E-state index contributed by atoms with van der Waals surface area (Å²) in [6.07, 6.45) is 0.894. The summed E-state index contributed by atoms with van der Waals surface area (Å²) in [5.41, 5.74) is -0.153. The van der Waals surface area contributed by atoms with E-state index in [-0.39, 0.29) is 5.56 Å². The van der Waals surface area contributed by atoms with Crippen LogP contribution in [0.5, 0.6) is 0 Å². The average Bonchev–Trinajstić information content (AvgIpc) is 2.06. The summed E-state index contributed by atoms with van der Waals surface area (Å²) in [4.78, 5) is 11.3. The third-order valence-corrected chi connectivity index (χ3v) is 2.42. The van der Waals surface area contributed by atoms with Gasteiger partial charge in [0.15, 0.2) is 27.3 Å². The SMILES string of the molecule is CS(=O)(=O)CC(=O)c1ccc(F)c(F)c1. The van der Waals surface area contributed by atoms with Gasteiger partial charge in [0.05, 0.1) is 0 Å². The molecule has 1 rings (SSSR count). The lowest BCUT2D eigenvalue weighted by atomic mass is 10.1. The monoisotopic (exact) mass is 234 g/mol. The molecule has 0 bridgehead atoms. The normalized spacial score (nSPS) is 11.4. The maximum absolute atomic E-state index is 12.7. The number of benzene rings is 1. The van der Waals surface area contributed by atoms with Crippen molar-refractivity contribution in [2.24, 2.45) is 0 Å². The van der Waals surface area contributed by atoms with E-state index in [1.165, 1.54) is 0 Å². The summed E-state index contributed by atoms with van der Waals surface area (Å²) >= 11 is 0. The van der Waals surface area contributed by atoms with Crippen LogP contribution in [-0.2, 0) is 9.84 Å². The Morgan fingerprint density at radius 3 is 2.33 bits per heavy atom. The molecule has 0 N–H and O–H groups in total. The summed E-state index contributed by atoms with van der Waals surface area (Å²) in [5.74, 6) is -3.71. The van der Waals surface area contributed by atoms with Crippen LogP contribution in [0, 0.1) is 11.6 Å². The van der Waals surface area contributed by atoms with Gasteiger partial charge >= 0.3 is 0 Å². The fourth-order valence-corrected chi connectivity index (χ4v) is 1.63. The summed E-state index contributed by atoms with van der Waals surface area (Å²) in [6.45, 7) is 0. The number of halogens is 2. The number of ketones is 1. The molecular formula is C9H8F2O3S. The number of sulfone groups is 1. The molecule has 0 heterocycles. The van der Waals surface area contributed by atoms with Crippen molar-refractivity contribution in [1.29, 1.82) is 0 Å². The van der Waals surface area contributed by atoms with Gasteiger partial charge in [-0.05, 0) is 18.2 Å². The fraction of sp³-hybridized carbons (Fsp3) is 0.222. The number of rotatable bonds is 3. The predicted octanol–water partition coefficient (Wildman–Crippen LogP) is 1.19. The number of hydrogen-bond donors (Lipinski definition) is 0. The predicted molar refractivity (Wildman–Crippen MR) is 50.4 cm³/mol. The lowest BCUT2D eigenvalue weighted by Crippen LogP contribution is -2.14. The molecule has 0 saturated carbocycles. The van der Waals surface area contributed by atoms with Crippen LogP contribution in [0.25, 0.3) is 0 Å². The van der Waals surface area contributed by atoms with Crippen molar-refractivity contribution in [2.75, 3.05) is 12.0 Å². The minimum atomic E-state index is -3.46. The maximum atomic E-state index is 12.7. The second-order valence-electron chi connectivity index (χ2n) is 3.12. The molecule has 82 valence electrons. The van der Waals surface area contributed by atoms with E-state index in [0.717, 1.165) is 18.4 Å². The number of carbonyl (C=O) groups excluding carboxylic acids is 1. The highest BCUT2D eigenvalue weighted by Crippen LogP contribution is 2.09. The first-order valence-corrected chi connectivity index (χ1v) is 6.01. The van der Waals surface area contributed by atoms with E-state index in [0.29, 0.717) is 6.07 Å². The van der Waals surface area contributed by atoms with Gasteiger partial charge in [-0.25, -0.2) is 17.2 Å². The molecule has 0 aliphatic rings. The molecule has 1 aromatic carbocycles. The standard InChI is InChI=1S/C9H8F2O3S/c1-15(13,14)5-9(12)6-2-3-7(10)8(11)4-6/h2-4H,5H2,1H3. The molecule has 6 heteroatoms. The Bertz CT molecular complexity index is 494. The van der Waals surface area contributed by atoms with Crippen LogP contribution >= 0.6 is 0 Å². The molecule has 3 nitrogen and oxygen atoms in total. The van der Waals surface area contributed by atoms with Crippen LogP contribution in [-0.4, -0.2) is 26.2 Å². The van der Waals surface area contributed by atoms with Gasteiger partial charge in [0.25, 0.3) is 0 Å². The van der Waals surface area contributed by atoms with Gasteiger partial charge in [0.1, 0.15) is 5.75 Å². The largest absolute Gasteiger partial charge is 0.293 e. The highest BCUT2D eigenvalue weighted by atomic mass is 32.2. The Labute approximate surface area is 85.6 Å². The molecule has 0 aliphatic carbocycles. The maximum Gasteiger partial charge on any atom is 0.177 e. The van der Waals surface area contributed by atoms with Crippen molar-refractivity contribution >= 4 is 15.6 Å². The van der Waals surface area contributed by atoms with Crippen LogP contribution in [0.4, 0.5) is 8.78 Å². The van der Waals surface area contributed by atoms with Crippen LogP contribution < -0.4 is 0 Å². The Kier molecular flexibility index (Phi) is 3.18. The second kappa shape index (κ2) is 4.06. The van der Waals surface area contributed by atoms with Gasteiger partial charge in [-0.2, -0.15) is 0 Å². The smallest absolute Gasteiger partial charge is 0.177 e. The number of carbonyl (C=O) groups is 1. The zero-order valence-corrected chi connectivity index (χ0v) is 8.64. The van der Waals surface area contributed by atoms with Crippen molar-refractivity contribution in [3.8, 4) is 0 Å². The summed E-state index contributed by atoms with van der Waals surface area (Å²) in [7, 11) is -3.46. The first kappa shape index (κ1) is 11.8. The Morgan fingerprint density at radius 1 is 1.27 bits per heavy atom. The van der Waals surface area contributed by atoms with Gasteiger partial charge in [0.2, 0.25) is 0 Å². The molecule has 0 radical (unpaired) electrons. The van der Waals surface area contributed by atoms with Crippen molar-refractivity contribution < 1.29 is 22.0 Å². The zero-order chi connectivity index (χ0) is 11.6. The van der Waals surface area contributed by atoms with E-state index in [1.807, 2.05) is 0 Å². The van der Waals surface area contributed by atoms with E-state index in [2.05, 4.69) is 0 Å². The molecule has 0 aromatic heterocycles. The first-order valence-electron chi connectivity index (χ1n) is 3.95. The van der Waals surface area contributed by atoms with Crippen molar-refractivity contribution in [2.45, 2.75) is 0 Å². The molecule has 0 aliphatic heterocycles. The van der Waals surface area contributed by atoms with Gasteiger partial charge < -0.3 is 0 Å². The Balaban J connectivity index is 2.98. The highest BCUT2D eigenvalue weighted by Gasteiger charge is 2.14. The summed E-state index contributed by atoms with van der Waals surface area (Å²) in [5, 5.41) is 0. The molecule has 0 fully saturated rings. The lowest BCUT2D eigenvalue weighted by molar-refractivity contribution is 0.102. The summed E-state index contributed by atoms with van der Waals surface area (Å²) in [6, 6.07) is 2.51. The van der Waals surface area contributed by atoms with Gasteiger partial charge in [-0.3, -0.25) is 4.79 Å². The zero-order valence-electron chi connectivity index (χ0n) is 7.83. The van der Waals surface area contributed by atoms with Gasteiger partial charge in [0, 0.05) is 11.8 Å². The topological polar surface area (TPSA) is 51.2 Å². The second-order valence-corrected chi connectivity index (χ2v) is 5.26.